The molecule has 0 radical (unpaired) electrons. The maximum Gasteiger partial charge on any atom is 0.303 e. The van der Waals surface area contributed by atoms with Gasteiger partial charge in [-0.25, -0.2) is 0 Å². The lowest BCUT2D eigenvalue weighted by Crippen LogP contribution is -2.21. The molecular formula is C12H20O3. The van der Waals surface area contributed by atoms with E-state index in [9.17, 15) is 9.59 Å². The minimum absolute atomic E-state index is 0.169. The van der Waals surface area contributed by atoms with Gasteiger partial charge < -0.3 is 5.11 Å². The summed E-state index contributed by atoms with van der Waals surface area (Å²) in [6.45, 7) is 2.13. The van der Waals surface area contributed by atoms with Crippen LogP contribution in [0.3, 0.4) is 0 Å². The van der Waals surface area contributed by atoms with E-state index in [2.05, 4.69) is 6.92 Å². The fourth-order valence-corrected chi connectivity index (χ4v) is 2.52. The Morgan fingerprint density at radius 3 is 2.67 bits per heavy atom. The van der Waals surface area contributed by atoms with Gasteiger partial charge in [0.05, 0.1) is 6.42 Å². The van der Waals surface area contributed by atoms with Crippen molar-refractivity contribution in [1.82, 2.24) is 0 Å². The van der Waals surface area contributed by atoms with E-state index in [1.54, 1.807) is 0 Å². The quantitative estimate of drug-likeness (QED) is 0.689. The fraction of sp³-hybridized carbons (Fsp3) is 0.833. The number of Topliss-reactive ketones (excluding diaryl/α,β-unsaturated/α-hetero) is 1. The molecule has 3 heteroatoms. The molecule has 0 amide bonds. The Kier molecular flexibility index (Phi) is 4.30. The first-order chi connectivity index (χ1) is 7.08. The number of hydrogen-bond acceptors (Lipinski definition) is 2. The molecule has 1 fully saturated rings. The van der Waals surface area contributed by atoms with Crippen LogP contribution in [0.2, 0.25) is 0 Å². The van der Waals surface area contributed by atoms with Crippen LogP contribution in [-0.4, -0.2) is 16.9 Å². The Bertz CT molecular complexity index is 247. The average molecular weight is 212 g/mol. The minimum atomic E-state index is -0.763. The second-order valence-electron chi connectivity index (χ2n) is 4.74. The van der Waals surface area contributed by atoms with Crippen molar-refractivity contribution in [2.24, 2.45) is 5.41 Å². The number of carbonyl (C=O) groups excluding carboxylic acids is 1. The van der Waals surface area contributed by atoms with Crippen LogP contribution in [0.5, 0.6) is 0 Å². The number of aliphatic carboxylic acids is 1. The lowest BCUT2D eigenvalue weighted by Gasteiger charge is -2.26. The molecule has 0 aromatic rings. The maximum atomic E-state index is 11.3. The third-order valence-electron chi connectivity index (χ3n) is 3.34. The van der Waals surface area contributed by atoms with Gasteiger partial charge in [-0.05, 0) is 18.3 Å². The van der Waals surface area contributed by atoms with Crippen LogP contribution in [0.1, 0.15) is 58.3 Å². The predicted octanol–water partition coefficient (Wildman–Crippen LogP) is 2.78. The Morgan fingerprint density at radius 2 is 2.20 bits per heavy atom. The number of ketones is 1. The van der Waals surface area contributed by atoms with Gasteiger partial charge in [-0.1, -0.05) is 26.2 Å². The van der Waals surface area contributed by atoms with Gasteiger partial charge >= 0.3 is 5.97 Å². The first-order valence-corrected chi connectivity index (χ1v) is 5.81. The maximum absolute atomic E-state index is 11.3. The molecule has 86 valence electrons. The van der Waals surface area contributed by atoms with Gasteiger partial charge in [0.25, 0.3) is 0 Å². The Morgan fingerprint density at radius 1 is 1.47 bits per heavy atom. The zero-order valence-electron chi connectivity index (χ0n) is 9.42. The topological polar surface area (TPSA) is 54.4 Å². The molecule has 1 N–H and O–H groups in total. The molecule has 1 rings (SSSR count). The van der Waals surface area contributed by atoms with Crippen LogP contribution in [0.25, 0.3) is 0 Å². The van der Waals surface area contributed by atoms with Crippen molar-refractivity contribution in [3.8, 4) is 0 Å². The molecule has 0 bridgehead atoms. The standard InChI is InChI=1S/C12H20O3/c1-2-3-4-6-12(9-11(14)15)7-5-10(13)8-12/h2-9H2,1H3,(H,14,15). The average Bonchev–Trinajstić information content (AvgIpc) is 2.47. The number of carbonyl (C=O) groups is 2. The van der Waals surface area contributed by atoms with Gasteiger partial charge in [-0.3, -0.25) is 9.59 Å². The van der Waals surface area contributed by atoms with E-state index in [1.807, 2.05) is 0 Å². The second-order valence-corrected chi connectivity index (χ2v) is 4.74. The number of carboxylic acids is 1. The molecule has 0 aromatic heterocycles. The van der Waals surface area contributed by atoms with Crippen LogP contribution in [-0.2, 0) is 9.59 Å². The number of carboxylic acid groups (broad SMARTS) is 1. The van der Waals surface area contributed by atoms with E-state index >= 15 is 0 Å². The molecule has 0 saturated heterocycles. The van der Waals surface area contributed by atoms with Crippen molar-refractivity contribution in [3.63, 3.8) is 0 Å². The molecule has 0 heterocycles. The Labute approximate surface area is 90.9 Å². The van der Waals surface area contributed by atoms with Crippen LogP contribution in [0.15, 0.2) is 0 Å². The lowest BCUT2D eigenvalue weighted by molar-refractivity contribution is -0.139. The van der Waals surface area contributed by atoms with Crippen molar-refractivity contribution < 1.29 is 14.7 Å². The lowest BCUT2D eigenvalue weighted by atomic mass is 9.78. The summed E-state index contributed by atoms with van der Waals surface area (Å²) in [6, 6.07) is 0. The zero-order valence-corrected chi connectivity index (χ0v) is 9.42. The highest BCUT2D eigenvalue weighted by atomic mass is 16.4. The van der Waals surface area contributed by atoms with E-state index < -0.39 is 5.97 Å². The van der Waals surface area contributed by atoms with Crippen molar-refractivity contribution in [1.29, 1.82) is 0 Å². The van der Waals surface area contributed by atoms with Gasteiger partial charge in [0.15, 0.2) is 0 Å². The normalized spacial score (nSPS) is 25.8. The summed E-state index contributed by atoms with van der Waals surface area (Å²) >= 11 is 0. The molecule has 1 aliphatic carbocycles. The molecule has 0 aliphatic heterocycles. The summed E-state index contributed by atoms with van der Waals surface area (Å²) in [5, 5.41) is 8.87. The van der Waals surface area contributed by atoms with Gasteiger partial charge in [-0.2, -0.15) is 0 Å². The highest BCUT2D eigenvalue weighted by Crippen LogP contribution is 2.43. The van der Waals surface area contributed by atoms with Crippen molar-refractivity contribution in [3.05, 3.63) is 0 Å². The summed E-state index contributed by atoms with van der Waals surface area (Å²) in [4.78, 5) is 22.1. The van der Waals surface area contributed by atoms with Gasteiger partial charge in [0.1, 0.15) is 5.78 Å². The first-order valence-electron chi connectivity index (χ1n) is 5.81. The van der Waals surface area contributed by atoms with Crippen LogP contribution in [0, 0.1) is 5.41 Å². The monoisotopic (exact) mass is 212 g/mol. The summed E-state index contributed by atoms with van der Waals surface area (Å²) in [5.41, 5.74) is -0.210. The zero-order chi connectivity index (χ0) is 11.3. The fourth-order valence-electron chi connectivity index (χ4n) is 2.52. The van der Waals surface area contributed by atoms with Gasteiger partial charge in [0, 0.05) is 12.8 Å². The second kappa shape index (κ2) is 5.29. The van der Waals surface area contributed by atoms with Crippen LogP contribution < -0.4 is 0 Å². The van der Waals surface area contributed by atoms with Gasteiger partial charge in [-0.15, -0.1) is 0 Å². The van der Waals surface area contributed by atoms with Crippen molar-refractivity contribution in [2.45, 2.75) is 58.3 Å². The molecule has 0 aromatic carbocycles. The molecule has 1 unspecified atom stereocenters. The molecule has 1 aliphatic rings. The SMILES string of the molecule is CCCCCC1(CC(=O)O)CCC(=O)C1. The van der Waals surface area contributed by atoms with E-state index in [0.717, 1.165) is 32.1 Å². The van der Waals surface area contributed by atoms with E-state index in [1.165, 1.54) is 0 Å². The molecule has 3 nitrogen and oxygen atoms in total. The summed E-state index contributed by atoms with van der Waals surface area (Å²) in [7, 11) is 0. The van der Waals surface area contributed by atoms with E-state index in [4.69, 9.17) is 5.11 Å². The molecule has 1 saturated carbocycles. The van der Waals surface area contributed by atoms with Crippen molar-refractivity contribution in [2.75, 3.05) is 0 Å². The third-order valence-corrected chi connectivity index (χ3v) is 3.34. The Balaban J connectivity index is 2.52. The van der Waals surface area contributed by atoms with Crippen LogP contribution in [0.4, 0.5) is 0 Å². The van der Waals surface area contributed by atoms with E-state index in [-0.39, 0.29) is 17.6 Å². The summed E-state index contributed by atoms with van der Waals surface area (Å²) < 4.78 is 0. The summed E-state index contributed by atoms with van der Waals surface area (Å²) in [5.74, 6) is -0.519. The smallest absolute Gasteiger partial charge is 0.303 e. The highest BCUT2D eigenvalue weighted by molar-refractivity contribution is 5.82. The third kappa shape index (κ3) is 3.65. The number of rotatable bonds is 6. The highest BCUT2D eigenvalue weighted by Gasteiger charge is 2.39. The van der Waals surface area contributed by atoms with Crippen LogP contribution >= 0.6 is 0 Å². The van der Waals surface area contributed by atoms with Crippen molar-refractivity contribution >= 4 is 11.8 Å². The molecule has 15 heavy (non-hydrogen) atoms. The molecule has 0 spiro atoms. The predicted molar refractivity (Wildman–Crippen MR) is 57.7 cm³/mol. The molecule has 1 atom stereocenters. The van der Waals surface area contributed by atoms with E-state index in [0.29, 0.717) is 12.8 Å². The number of unbranched alkanes of at least 4 members (excludes halogenated alkanes) is 2. The minimum Gasteiger partial charge on any atom is -0.481 e. The largest absolute Gasteiger partial charge is 0.481 e. The Hall–Kier alpha value is -0.860. The molecular weight excluding hydrogens is 192 g/mol. The first kappa shape index (κ1) is 12.2. The summed E-state index contributed by atoms with van der Waals surface area (Å²) in [6.07, 6.45) is 6.25. The number of hydrogen-bond donors (Lipinski definition) is 1. The van der Waals surface area contributed by atoms with Gasteiger partial charge in [0.2, 0.25) is 0 Å².